The number of carboxylic acids is 1. The molecule has 1 amide bonds. The number of nitrogens with one attached hydrogen (secondary N) is 2. The van der Waals surface area contributed by atoms with Crippen molar-refractivity contribution < 1.29 is 19.4 Å². The Bertz CT molecular complexity index is 774. The van der Waals surface area contributed by atoms with E-state index in [0.29, 0.717) is 11.3 Å². The van der Waals surface area contributed by atoms with Crippen molar-refractivity contribution in [1.82, 2.24) is 5.43 Å². The van der Waals surface area contributed by atoms with Gasteiger partial charge in [0.25, 0.3) is 5.91 Å². The molecule has 0 saturated carbocycles. The first kappa shape index (κ1) is 18.0. The predicted molar refractivity (Wildman–Crippen MR) is 95.0 cm³/mol. The molecule has 3 N–H and O–H groups in total. The van der Waals surface area contributed by atoms with Gasteiger partial charge in [-0.05, 0) is 30.7 Å². The number of anilines is 1. The second-order valence-electron chi connectivity index (χ2n) is 5.18. The summed E-state index contributed by atoms with van der Waals surface area (Å²) in [5.41, 5.74) is 4.90. The highest BCUT2D eigenvalue weighted by Gasteiger charge is 2.04. The molecular formula is C18H19N3O4. The summed E-state index contributed by atoms with van der Waals surface area (Å²) in [6, 6.07) is 14.5. The minimum atomic E-state index is -1.07. The van der Waals surface area contributed by atoms with Crippen LogP contribution in [-0.4, -0.2) is 36.3 Å². The van der Waals surface area contributed by atoms with Gasteiger partial charge in [0.15, 0.2) is 6.61 Å². The Morgan fingerprint density at radius 3 is 2.64 bits per heavy atom. The molecule has 0 spiro atoms. The molecule has 0 aliphatic carbocycles. The summed E-state index contributed by atoms with van der Waals surface area (Å²) >= 11 is 0. The molecule has 0 aromatic heterocycles. The van der Waals surface area contributed by atoms with E-state index in [2.05, 4.69) is 15.8 Å². The van der Waals surface area contributed by atoms with Crippen LogP contribution in [-0.2, 0) is 9.59 Å². The normalized spacial score (nSPS) is 10.4. The molecule has 0 bridgehead atoms. The quantitative estimate of drug-likeness (QED) is 0.504. The summed E-state index contributed by atoms with van der Waals surface area (Å²) in [5, 5.41) is 15.6. The van der Waals surface area contributed by atoms with Gasteiger partial charge >= 0.3 is 5.97 Å². The number of ether oxygens (including phenoxy) is 1. The van der Waals surface area contributed by atoms with Crippen LogP contribution >= 0.6 is 0 Å². The molecule has 0 saturated heterocycles. The number of amides is 1. The first-order valence-corrected chi connectivity index (χ1v) is 7.61. The molecule has 0 unspecified atom stereocenters. The van der Waals surface area contributed by atoms with E-state index >= 15 is 0 Å². The number of benzene rings is 2. The van der Waals surface area contributed by atoms with Crippen molar-refractivity contribution in [3.8, 4) is 5.75 Å². The van der Waals surface area contributed by atoms with Gasteiger partial charge in [0.1, 0.15) is 5.75 Å². The number of carboxylic acid groups (broad SMARTS) is 1. The van der Waals surface area contributed by atoms with Crippen LogP contribution in [0.1, 0.15) is 11.1 Å². The molecule has 7 heteroatoms. The zero-order valence-electron chi connectivity index (χ0n) is 13.7. The zero-order chi connectivity index (χ0) is 18.1. The van der Waals surface area contributed by atoms with Crippen LogP contribution in [0.15, 0.2) is 53.6 Å². The van der Waals surface area contributed by atoms with Gasteiger partial charge in [-0.25, -0.2) is 10.2 Å². The highest BCUT2D eigenvalue weighted by Crippen LogP contribution is 2.15. The van der Waals surface area contributed by atoms with E-state index in [-0.39, 0.29) is 12.5 Å². The number of carbonyl (C=O) groups excluding carboxylic acids is 1. The fourth-order valence-electron chi connectivity index (χ4n) is 2.02. The van der Waals surface area contributed by atoms with Crippen molar-refractivity contribution in [2.75, 3.05) is 18.5 Å². The number of rotatable bonds is 8. The molecule has 2 aromatic rings. The lowest BCUT2D eigenvalue weighted by Crippen LogP contribution is -2.26. The Morgan fingerprint density at radius 1 is 1.16 bits per heavy atom. The molecular weight excluding hydrogens is 322 g/mol. The molecule has 25 heavy (non-hydrogen) atoms. The van der Waals surface area contributed by atoms with Crippen molar-refractivity contribution in [3.05, 3.63) is 59.7 Å². The Hall–Kier alpha value is -3.35. The number of para-hydroxylation sites is 2. The third-order valence-electron chi connectivity index (χ3n) is 3.25. The second-order valence-corrected chi connectivity index (χ2v) is 5.18. The van der Waals surface area contributed by atoms with Gasteiger partial charge in [0.05, 0.1) is 12.8 Å². The minimum absolute atomic E-state index is 0.0827. The van der Waals surface area contributed by atoms with E-state index in [9.17, 15) is 9.59 Å². The van der Waals surface area contributed by atoms with Gasteiger partial charge in [-0.2, -0.15) is 5.10 Å². The van der Waals surface area contributed by atoms with Gasteiger partial charge in [-0.1, -0.05) is 30.3 Å². The van der Waals surface area contributed by atoms with E-state index in [0.717, 1.165) is 11.3 Å². The molecule has 0 atom stereocenters. The predicted octanol–water partition coefficient (Wildman–Crippen LogP) is 2.02. The average Bonchev–Trinajstić information content (AvgIpc) is 2.60. The van der Waals surface area contributed by atoms with Crippen molar-refractivity contribution in [2.45, 2.75) is 6.92 Å². The van der Waals surface area contributed by atoms with Crippen LogP contribution in [0.2, 0.25) is 0 Å². The Kier molecular flexibility index (Phi) is 6.53. The van der Waals surface area contributed by atoms with Crippen LogP contribution in [0.5, 0.6) is 5.75 Å². The van der Waals surface area contributed by atoms with Crippen molar-refractivity contribution >= 4 is 23.8 Å². The fraction of sp³-hybridized carbons (Fsp3) is 0.167. The first-order valence-electron chi connectivity index (χ1n) is 7.61. The molecule has 7 nitrogen and oxygen atoms in total. The topological polar surface area (TPSA) is 100 Å². The summed E-state index contributed by atoms with van der Waals surface area (Å²) in [6.45, 7) is 1.59. The third kappa shape index (κ3) is 5.98. The van der Waals surface area contributed by atoms with Crippen LogP contribution in [0, 0.1) is 6.92 Å². The van der Waals surface area contributed by atoms with E-state index in [1.54, 1.807) is 24.3 Å². The smallest absolute Gasteiger partial charge is 0.341 e. The molecule has 0 fully saturated rings. The SMILES string of the molecule is Cc1ccccc1NCC(=O)N/N=C/c1ccccc1OCC(=O)O. The van der Waals surface area contributed by atoms with Crippen LogP contribution < -0.4 is 15.5 Å². The minimum Gasteiger partial charge on any atom is -0.481 e. The fourth-order valence-corrected chi connectivity index (χ4v) is 2.02. The van der Waals surface area contributed by atoms with Crippen molar-refractivity contribution in [1.29, 1.82) is 0 Å². The molecule has 0 radical (unpaired) electrons. The maximum absolute atomic E-state index is 11.8. The van der Waals surface area contributed by atoms with E-state index in [1.165, 1.54) is 6.21 Å². The Labute approximate surface area is 145 Å². The number of hydrogen-bond donors (Lipinski definition) is 3. The van der Waals surface area contributed by atoms with Crippen LogP contribution in [0.4, 0.5) is 5.69 Å². The van der Waals surface area contributed by atoms with E-state index in [4.69, 9.17) is 9.84 Å². The summed E-state index contributed by atoms with van der Waals surface area (Å²) in [4.78, 5) is 22.4. The monoisotopic (exact) mass is 341 g/mol. The molecule has 2 aromatic carbocycles. The van der Waals surface area contributed by atoms with Gasteiger partial charge in [0.2, 0.25) is 0 Å². The van der Waals surface area contributed by atoms with Crippen LogP contribution in [0.25, 0.3) is 0 Å². The summed E-state index contributed by atoms with van der Waals surface area (Å²) in [6.07, 6.45) is 1.41. The number of carbonyl (C=O) groups is 2. The molecule has 2 rings (SSSR count). The lowest BCUT2D eigenvalue weighted by atomic mass is 10.2. The average molecular weight is 341 g/mol. The number of hydrazone groups is 1. The molecule has 0 aliphatic heterocycles. The lowest BCUT2D eigenvalue weighted by Gasteiger charge is -2.08. The molecule has 0 heterocycles. The standard InChI is InChI=1S/C18H19N3O4/c1-13-6-2-4-8-15(13)19-11-17(22)21-20-10-14-7-3-5-9-16(14)25-12-18(23)24/h2-10,19H,11-12H2,1H3,(H,21,22)(H,23,24)/b20-10+. The number of nitrogens with zero attached hydrogens (tertiary/aromatic N) is 1. The van der Waals surface area contributed by atoms with Crippen LogP contribution in [0.3, 0.4) is 0 Å². The third-order valence-corrected chi connectivity index (χ3v) is 3.25. The highest BCUT2D eigenvalue weighted by atomic mass is 16.5. The van der Waals surface area contributed by atoms with Crippen molar-refractivity contribution in [3.63, 3.8) is 0 Å². The lowest BCUT2D eigenvalue weighted by molar-refractivity contribution is -0.139. The van der Waals surface area contributed by atoms with Gasteiger partial charge in [0, 0.05) is 11.3 Å². The summed E-state index contributed by atoms with van der Waals surface area (Å²) < 4.78 is 5.16. The summed E-state index contributed by atoms with van der Waals surface area (Å²) in [5.74, 6) is -0.994. The zero-order valence-corrected chi connectivity index (χ0v) is 13.7. The van der Waals surface area contributed by atoms with Gasteiger partial charge < -0.3 is 15.2 Å². The molecule has 130 valence electrons. The Morgan fingerprint density at radius 2 is 1.88 bits per heavy atom. The van der Waals surface area contributed by atoms with E-state index < -0.39 is 12.6 Å². The first-order chi connectivity index (χ1) is 12.1. The second kappa shape index (κ2) is 9.07. The maximum atomic E-state index is 11.8. The number of aliphatic carboxylic acids is 1. The molecule has 0 aliphatic rings. The Balaban J connectivity index is 1.87. The van der Waals surface area contributed by atoms with Gasteiger partial charge in [-0.15, -0.1) is 0 Å². The highest BCUT2D eigenvalue weighted by molar-refractivity contribution is 5.86. The summed E-state index contributed by atoms with van der Waals surface area (Å²) in [7, 11) is 0. The number of aryl methyl sites for hydroxylation is 1. The maximum Gasteiger partial charge on any atom is 0.341 e. The number of hydrogen-bond acceptors (Lipinski definition) is 5. The largest absolute Gasteiger partial charge is 0.481 e. The van der Waals surface area contributed by atoms with E-state index in [1.807, 2.05) is 31.2 Å². The van der Waals surface area contributed by atoms with Gasteiger partial charge in [-0.3, -0.25) is 4.79 Å². The van der Waals surface area contributed by atoms with Crippen molar-refractivity contribution in [2.24, 2.45) is 5.10 Å².